The molecule has 0 amide bonds. The average molecular weight is 464 g/mol. The van der Waals surface area contributed by atoms with Crippen LogP contribution < -0.4 is 4.74 Å². The summed E-state index contributed by atoms with van der Waals surface area (Å²) < 4.78 is 51.0. The minimum absolute atomic E-state index is 0.0735. The van der Waals surface area contributed by atoms with Gasteiger partial charge in [-0.2, -0.15) is 13.2 Å². The molecule has 0 spiro atoms. The van der Waals surface area contributed by atoms with Gasteiger partial charge in [0.25, 0.3) is 0 Å². The van der Waals surface area contributed by atoms with Gasteiger partial charge in [-0.3, -0.25) is 5.10 Å². The third-order valence-corrected chi connectivity index (χ3v) is 5.71. The first kappa shape index (κ1) is 23.8. The summed E-state index contributed by atoms with van der Waals surface area (Å²) in [4.78, 5) is 0.971. The van der Waals surface area contributed by atoms with Crippen molar-refractivity contribution >= 4 is 11.8 Å². The number of alkyl halides is 3. The summed E-state index contributed by atoms with van der Waals surface area (Å²) in [5.41, 5.74) is -0.535. The number of thioether (sulfide) groups is 1. The molecule has 3 rings (SSSR count). The van der Waals surface area contributed by atoms with E-state index in [1.165, 1.54) is 11.8 Å². The average Bonchev–Trinajstić information content (AvgIpc) is 3.15. The number of aromatic amines is 1. The zero-order chi connectivity index (χ0) is 22.8. The summed E-state index contributed by atoms with van der Waals surface area (Å²) in [6.07, 6.45) is -10.7. The highest BCUT2D eigenvalue weighted by Gasteiger charge is 2.46. The highest BCUT2D eigenvalue weighted by molar-refractivity contribution is 7.98. The van der Waals surface area contributed by atoms with Crippen LogP contribution in [0.2, 0.25) is 0 Å². The lowest BCUT2D eigenvalue weighted by Crippen LogP contribution is -2.60. The van der Waals surface area contributed by atoms with Crippen LogP contribution in [0.5, 0.6) is 5.88 Å². The summed E-state index contributed by atoms with van der Waals surface area (Å²) in [7, 11) is 0. The van der Waals surface area contributed by atoms with Gasteiger partial charge in [0.15, 0.2) is 0 Å². The van der Waals surface area contributed by atoms with E-state index in [9.17, 15) is 33.6 Å². The van der Waals surface area contributed by atoms with Crippen molar-refractivity contribution in [3.63, 3.8) is 0 Å². The molecule has 1 aromatic heterocycles. The fraction of sp³-hybridized carbons (Fsp3) is 0.526. The van der Waals surface area contributed by atoms with E-state index in [-0.39, 0.29) is 18.4 Å². The molecular formula is C19H23F3N2O6S. The molecule has 5 N–H and O–H groups in total. The van der Waals surface area contributed by atoms with Gasteiger partial charge < -0.3 is 29.9 Å². The standard InChI is InChI=1S/C19H23F3N2O6S/c1-31-10-4-2-3-9(7-10)5-6-11-16(19(20,21)22)23-24-17(11)30-18-15(28)14(27)13(26)12(8-25)29-18/h2-4,7,12-15,18,25-28H,5-6,8H2,1H3,(H,23,24)/t12-,13-,14+,15-,18+/m1/s1. The Morgan fingerprint density at radius 3 is 2.55 bits per heavy atom. The molecule has 172 valence electrons. The van der Waals surface area contributed by atoms with Crippen molar-refractivity contribution < 1.29 is 43.1 Å². The largest absolute Gasteiger partial charge is 0.443 e. The van der Waals surface area contributed by atoms with E-state index in [1.807, 2.05) is 29.6 Å². The van der Waals surface area contributed by atoms with Crippen LogP contribution in [-0.2, 0) is 23.8 Å². The lowest BCUT2D eigenvalue weighted by Gasteiger charge is -2.39. The Morgan fingerprint density at radius 1 is 1.16 bits per heavy atom. The summed E-state index contributed by atoms with van der Waals surface area (Å²) >= 11 is 1.51. The monoisotopic (exact) mass is 464 g/mol. The van der Waals surface area contributed by atoms with Crippen LogP contribution in [0.1, 0.15) is 16.8 Å². The first-order valence-electron chi connectivity index (χ1n) is 9.40. The molecule has 1 saturated heterocycles. The maximum absolute atomic E-state index is 13.5. The quantitative estimate of drug-likeness (QED) is 0.386. The van der Waals surface area contributed by atoms with Crippen molar-refractivity contribution in [3.8, 4) is 5.88 Å². The van der Waals surface area contributed by atoms with Crippen molar-refractivity contribution in [2.24, 2.45) is 0 Å². The van der Waals surface area contributed by atoms with Gasteiger partial charge in [-0.1, -0.05) is 12.1 Å². The second-order valence-electron chi connectivity index (χ2n) is 7.05. The van der Waals surface area contributed by atoms with E-state index >= 15 is 0 Å². The number of hydrogen-bond donors (Lipinski definition) is 5. The van der Waals surface area contributed by atoms with Crippen LogP contribution in [0.15, 0.2) is 29.2 Å². The smallest absolute Gasteiger partial charge is 0.433 e. The molecule has 1 fully saturated rings. The van der Waals surface area contributed by atoms with E-state index in [2.05, 4.69) is 5.10 Å². The third kappa shape index (κ3) is 5.33. The molecule has 0 saturated carbocycles. The zero-order valence-corrected chi connectivity index (χ0v) is 17.2. The van der Waals surface area contributed by atoms with Crippen LogP contribution in [0.4, 0.5) is 13.2 Å². The van der Waals surface area contributed by atoms with Crippen molar-refractivity contribution in [2.75, 3.05) is 12.9 Å². The van der Waals surface area contributed by atoms with Crippen molar-refractivity contribution in [1.29, 1.82) is 0 Å². The molecular weight excluding hydrogens is 441 g/mol. The lowest BCUT2D eigenvalue weighted by molar-refractivity contribution is -0.278. The number of ether oxygens (including phenoxy) is 2. The van der Waals surface area contributed by atoms with Gasteiger partial charge in [0, 0.05) is 10.5 Å². The minimum atomic E-state index is -4.72. The number of aliphatic hydroxyl groups is 4. The topological polar surface area (TPSA) is 128 Å². The van der Waals surface area contributed by atoms with Gasteiger partial charge >= 0.3 is 6.18 Å². The Balaban J connectivity index is 1.84. The predicted molar refractivity (Wildman–Crippen MR) is 104 cm³/mol. The highest BCUT2D eigenvalue weighted by Crippen LogP contribution is 2.36. The SMILES string of the molecule is CSc1cccc(CCc2c(O[C@@H]3O[C@H](CO)[C@@H](O)[C@H](O)[C@H]3O)n[nH]c2C(F)(F)F)c1. The Kier molecular flexibility index (Phi) is 7.50. The number of H-pyrrole nitrogens is 1. The predicted octanol–water partition coefficient (Wildman–Crippen LogP) is 1.11. The molecule has 1 aliphatic heterocycles. The lowest BCUT2D eigenvalue weighted by atomic mass is 9.99. The second kappa shape index (κ2) is 9.76. The van der Waals surface area contributed by atoms with Crippen molar-refractivity contribution in [1.82, 2.24) is 10.2 Å². The van der Waals surface area contributed by atoms with Gasteiger partial charge in [0.05, 0.1) is 6.61 Å². The molecule has 0 unspecified atom stereocenters. The Labute approximate surface area is 180 Å². The summed E-state index contributed by atoms with van der Waals surface area (Å²) in [6, 6.07) is 7.37. The van der Waals surface area contributed by atoms with E-state index in [0.29, 0.717) is 0 Å². The minimum Gasteiger partial charge on any atom is -0.443 e. The van der Waals surface area contributed by atoms with Gasteiger partial charge in [0.1, 0.15) is 30.1 Å². The molecule has 8 nitrogen and oxygen atoms in total. The van der Waals surface area contributed by atoms with Crippen LogP contribution in [0.25, 0.3) is 0 Å². The van der Waals surface area contributed by atoms with Gasteiger partial charge in [-0.05, 0) is 36.8 Å². The summed E-state index contributed by atoms with van der Waals surface area (Å²) in [5.74, 6) is -0.447. The molecule has 0 radical (unpaired) electrons. The molecule has 1 aliphatic rings. The van der Waals surface area contributed by atoms with Crippen LogP contribution >= 0.6 is 11.8 Å². The maximum atomic E-state index is 13.5. The first-order valence-corrected chi connectivity index (χ1v) is 10.6. The number of nitrogens with zero attached hydrogens (tertiary/aromatic N) is 1. The molecule has 12 heteroatoms. The Bertz CT molecular complexity index is 879. The number of aliphatic hydroxyl groups excluding tert-OH is 4. The van der Waals surface area contributed by atoms with Crippen LogP contribution in [0, 0.1) is 0 Å². The molecule has 5 atom stereocenters. The van der Waals surface area contributed by atoms with Crippen LogP contribution in [-0.4, -0.2) is 74.2 Å². The van der Waals surface area contributed by atoms with Gasteiger partial charge in [-0.15, -0.1) is 16.9 Å². The number of aromatic nitrogens is 2. The molecule has 31 heavy (non-hydrogen) atoms. The molecule has 0 bridgehead atoms. The summed E-state index contributed by atoms with van der Waals surface area (Å²) in [5, 5.41) is 44.6. The van der Waals surface area contributed by atoms with E-state index < -0.39 is 55.1 Å². The molecule has 2 aromatic rings. The second-order valence-corrected chi connectivity index (χ2v) is 7.93. The van der Waals surface area contributed by atoms with E-state index in [1.54, 1.807) is 6.07 Å². The Morgan fingerprint density at radius 2 is 1.90 bits per heavy atom. The molecule has 1 aromatic carbocycles. The number of halogens is 3. The zero-order valence-electron chi connectivity index (χ0n) is 16.4. The van der Waals surface area contributed by atoms with Gasteiger partial charge in [-0.25, -0.2) is 0 Å². The van der Waals surface area contributed by atoms with E-state index in [0.717, 1.165) is 10.5 Å². The molecule has 0 aliphatic carbocycles. The van der Waals surface area contributed by atoms with Gasteiger partial charge in [0.2, 0.25) is 12.2 Å². The number of aryl methyl sites for hydroxylation is 1. The molecule has 2 heterocycles. The van der Waals surface area contributed by atoms with Crippen molar-refractivity contribution in [3.05, 3.63) is 41.1 Å². The third-order valence-electron chi connectivity index (χ3n) is 4.99. The normalized spacial score (nSPS) is 26.8. The number of hydrogen-bond acceptors (Lipinski definition) is 8. The Hall–Kier alpha value is -1.83. The number of benzene rings is 1. The number of rotatable bonds is 7. The first-order chi connectivity index (χ1) is 14.7. The number of nitrogens with one attached hydrogen (secondary N) is 1. The van der Waals surface area contributed by atoms with Crippen molar-refractivity contribution in [2.45, 2.75) is 54.6 Å². The van der Waals surface area contributed by atoms with Crippen LogP contribution in [0.3, 0.4) is 0 Å². The maximum Gasteiger partial charge on any atom is 0.433 e. The summed E-state index contributed by atoms with van der Waals surface area (Å²) in [6.45, 7) is -0.697. The highest BCUT2D eigenvalue weighted by atomic mass is 32.2. The fourth-order valence-electron chi connectivity index (χ4n) is 3.28. The van der Waals surface area contributed by atoms with E-state index in [4.69, 9.17) is 9.47 Å². The fourth-order valence-corrected chi connectivity index (χ4v) is 3.77.